The summed E-state index contributed by atoms with van der Waals surface area (Å²) in [5, 5.41) is 3.40. The molecule has 0 unspecified atom stereocenters. The molecule has 0 saturated carbocycles. The molecule has 0 radical (unpaired) electrons. The number of hydrogen-bond acceptors (Lipinski definition) is 2. The molecule has 0 spiro atoms. The van der Waals surface area contributed by atoms with E-state index >= 15 is 0 Å². The zero-order valence-electron chi connectivity index (χ0n) is 9.42. The van der Waals surface area contributed by atoms with Crippen molar-refractivity contribution >= 4 is 17.3 Å². The average molecular weight is 238 g/mol. The molecule has 0 saturated heterocycles. The van der Waals surface area contributed by atoms with Gasteiger partial charge >= 0.3 is 0 Å². The predicted octanol–water partition coefficient (Wildman–Crippen LogP) is 3.57. The maximum absolute atomic E-state index is 5.74. The second-order valence-corrected chi connectivity index (χ2v) is 4.28. The molecule has 0 atom stereocenters. The first kappa shape index (κ1) is 11.3. The molecule has 16 heavy (non-hydrogen) atoms. The van der Waals surface area contributed by atoms with Crippen LogP contribution in [0.1, 0.15) is 18.9 Å². The zero-order chi connectivity index (χ0) is 11.4. The van der Waals surface area contributed by atoms with Crippen LogP contribution in [0.3, 0.4) is 0 Å². The third-order valence-electron chi connectivity index (χ3n) is 2.68. The summed E-state index contributed by atoms with van der Waals surface area (Å²) in [5.74, 6) is 0.926. The van der Waals surface area contributed by atoms with E-state index in [-0.39, 0.29) is 0 Å². The lowest BCUT2D eigenvalue weighted by molar-refractivity contribution is 0.353. The second kappa shape index (κ2) is 5.26. The Hall–Kier alpha value is -1.15. The Kier molecular flexibility index (Phi) is 3.73. The molecule has 1 aliphatic heterocycles. The van der Waals surface area contributed by atoms with Crippen LogP contribution in [0.25, 0.3) is 0 Å². The Morgan fingerprint density at radius 3 is 3.25 bits per heavy atom. The van der Waals surface area contributed by atoms with Gasteiger partial charge in [0.25, 0.3) is 0 Å². The SMILES string of the molecule is C/C(=C/Cl)COc1cccc2c1NCCC2. The normalized spacial score (nSPS) is 15.2. The second-order valence-electron chi connectivity index (χ2n) is 4.06. The van der Waals surface area contributed by atoms with Crippen molar-refractivity contribution in [1.29, 1.82) is 0 Å². The number of anilines is 1. The summed E-state index contributed by atoms with van der Waals surface area (Å²) in [4.78, 5) is 0. The third kappa shape index (κ3) is 2.50. The summed E-state index contributed by atoms with van der Waals surface area (Å²) in [6.45, 7) is 3.52. The van der Waals surface area contributed by atoms with Crippen molar-refractivity contribution in [3.63, 3.8) is 0 Å². The number of para-hydroxylation sites is 1. The highest BCUT2D eigenvalue weighted by Crippen LogP contribution is 2.32. The molecule has 1 aliphatic rings. The number of nitrogens with one attached hydrogen (secondary N) is 1. The molecule has 2 rings (SSSR count). The van der Waals surface area contributed by atoms with Gasteiger partial charge in [-0.2, -0.15) is 0 Å². The van der Waals surface area contributed by atoms with Gasteiger partial charge in [0.1, 0.15) is 12.4 Å². The minimum absolute atomic E-state index is 0.543. The van der Waals surface area contributed by atoms with E-state index in [0.29, 0.717) is 6.61 Å². The first-order valence-electron chi connectivity index (χ1n) is 5.55. The summed E-state index contributed by atoms with van der Waals surface area (Å²) in [5.41, 5.74) is 5.07. The minimum atomic E-state index is 0.543. The van der Waals surface area contributed by atoms with Crippen LogP contribution >= 0.6 is 11.6 Å². The molecular weight excluding hydrogens is 222 g/mol. The molecule has 0 aliphatic carbocycles. The van der Waals surface area contributed by atoms with Gasteiger partial charge in [0, 0.05) is 12.1 Å². The number of benzene rings is 1. The van der Waals surface area contributed by atoms with Crippen molar-refractivity contribution in [3.05, 3.63) is 34.9 Å². The highest BCUT2D eigenvalue weighted by atomic mass is 35.5. The Morgan fingerprint density at radius 2 is 2.44 bits per heavy atom. The van der Waals surface area contributed by atoms with Crippen LogP contribution in [0.5, 0.6) is 5.75 Å². The lowest BCUT2D eigenvalue weighted by atomic mass is 10.0. The predicted molar refractivity (Wildman–Crippen MR) is 68.4 cm³/mol. The highest BCUT2D eigenvalue weighted by Gasteiger charge is 2.12. The van der Waals surface area contributed by atoms with Gasteiger partial charge in [0.2, 0.25) is 0 Å². The van der Waals surface area contributed by atoms with Gasteiger partial charge in [0.15, 0.2) is 0 Å². The first-order chi connectivity index (χ1) is 7.81. The Labute approximate surface area is 101 Å². The summed E-state index contributed by atoms with van der Waals surface area (Å²) in [6.07, 6.45) is 2.32. The fourth-order valence-electron chi connectivity index (χ4n) is 1.82. The molecule has 0 amide bonds. The van der Waals surface area contributed by atoms with Crippen LogP contribution < -0.4 is 10.1 Å². The molecule has 0 fully saturated rings. The molecule has 1 aromatic carbocycles. The van der Waals surface area contributed by atoms with Gasteiger partial charge in [-0.3, -0.25) is 0 Å². The van der Waals surface area contributed by atoms with Crippen LogP contribution in [0.15, 0.2) is 29.3 Å². The largest absolute Gasteiger partial charge is 0.487 e. The highest BCUT2D eigenvalue weighted by molar-refractivity contribution is 6.25. The Morgan fingerprint density at radius 1 is 1.56 bits per heavy atom. The number of hydrogen-bond donors (Lipinski definition) is 1. The monoisotopic (exact) mass is 237 g/mol. The number of aryl methyl sites for hydroxylation is 1. The first-order valence-corrected chi connectivity index (χ1v) is 5.99. The fraction of sp³-hybridized carbons (Fsp3) is 0.385. The number of fused-ring (bicyclic) bond motifs is 1. The fourth-order valence-corrected chi connectivity index (χ4v) is 1.88. The number of rotatable bonds is 3. The summed E-state index contributed by atoms with van der Waals surface area (Å²) in [7, 11) is 0. The van der Waals surface area contributed by atoms with Gasteiger partial charge in [-0.1, -0.05) is 23.7 Å². The van der Waals surface area contributed by atoms with Crippen LogP contribution in [-0.4, -0.2) is 13.2 Å². The van der Waals surface area contributed by atoms with E-state index in [1.165, 1.54) is 12.0 Å². The van der Waals surface area contributed by atoms with Crippen molar-refractivity contribution in [2.75, 3.05) is 18.5 Å². The lowest BCUT2D eigenvalue weighted by Crippen LogP contribution is -2.13. The van der Waals surface area contributed by atoms with Crippen LogP contribution in [0, 0.1) is 0 Å². The maximum atomic E-state index is 5.74. The van der Waals surface area contributed by atoms with Crippen LogP contribution in [-0.2, 0) is 6.42 Å². The summed E-state index contributed by atoms with van der Waals surface area (Å²) < 4.78 is 5.74. The van der Waals surface area contributed by atoms with Crippen LogP contribution in [0.2, 0.25) is 0 Å². The smallest absolute Gasteiger partial charge is 0.143 e. The van der Waals surface area contributed by atoms with E-state index < -0.39 is 0 Å². The number of ether oxygens (including phenoxy) is 1. The Bertz CT molecular complexity index is 401. The summed E-state index contributed by atoms with van der Waals surface area (Å²) in [6, 6.07) is 6.19. The molecule has 3 heteroatoms. The van der Waals surface area contributed by atoms with Crippen molar-refractivity contribution in [2.45, 2.75) is 19.8 Å². The van der Waals surface area contributed by atoms with E-state index in [0.717, 1.165) is 30.0 Å². The van der Waals surface area contributed by atoms with Gasteiger partial charge in [0.05, 0.1) is 5.69 Å². The molecule has 86 valence electrons. The lowest BCUT2D eigenvalue weighted by Gasteiger charge is -2.21. The van der Waals surface area contributed by atoms with Gasteiger partial charge in [-0.15, -0.1) is 0 Å². The molecule has 1 aromatic rings. The van der Waals surface area contributed by atoms with Crippen molar-refractivity contribution in [2.24, 2.45) is 0 Å². The standard InChI is InChI=1S/C13H16ClNO/c1-10(8-14)9-16-12-6-2-4-11-5-3-7-15-13(11)12/h2,4,6,8,15H,3,5,7,9H2,1H3/b10-8-. The molecule has 2 nitrogen and oxygen atoms in total. The quantitative estimate of drug-likeness (QED) is 0.868. The van der Waals surface area contributed by atoms with E-state index in [2.05, 4.69) is 11.4 Å². The van der Waals surface area contributed by atoms with Gasteiger partial charge in [-0.05, 0) is 37.0 Å². The van der Waals surface area contributed by atoms with E-state index in [4.69, 9.17) is 16.3 Å². The molecular formula is C13H16ClNO. The number of halogens is 1. The summed E-state index contributed by atoms with van der Waals surface area (Å²) >= 11 is 5.60. The van der Waals surface area contributed by atoms with Crippen molar-refractivity contribution < 1.29 is 4.74 Å². The van der Waals surface area contributed by atoms with Crippen molar-refractivity contribution in [1.82, 2.24) is 0 Å². The molecule has 1 N–H and O–H groups in total. The van der Waals surface area contributed by atoms with E-state index in [1.54, 1.807) is 5.54 Å². The van der Waals surface area contributed by atoms with E-state index in [1.807, 2.05) is 19.1 Å². The molecule has 0 bridgehead atoms. The van der Waals surface area contributed by atoms with Gasteiger partial charge in [-0.25, -0.2) is 0 Å². The Balaban J connectivity index is 2.14. The van der Waals surface area contributed by atoms with Crippen LogP contribution in [0.4, 0.5) is 5.69 Å². The third-order valence-corrected chi connectivity index (χ3v) is 3.05. The molecule has 0 aromatic heterocycles. The maximum Gasteiger partial charge on any atom is 0.143 e. The van der Waals surface area contributed by atoms with Crippen molar-refractivity contribution in [3.8, 4) is 5.75 Å². The van der Waals surface area contributed by atoms with Gasteiger partial charge < -0.3 is 10.1 Å². The van der Waals surface area contributed by atoms with E-state index in [9.17, 15) is 0 Å². The molecule has 1 heterocycles. The minimum Gasteiger partial charge on any atom is -0.487 e. The average Bonchev–Trinajstić information content (AvgIpc) is 2.35. The topological polar surface area (TPSA) is 21.3 Å². The zero-order valence-corrected chi connectivity index (χ0v) is 10.2.